The van der Waals surface area contributed by atoms with Gasteiger partial charge < -0.3 is 9.15 Å². The Morgan fingerprint density at radius 1 is 0.879 bits per heavy atom. The predicted molar refractivity (Wildman–Crippen MR) is 128 cm³/mol. The maximum atomic E-state index is 5.96. The standard InChI is InChI=1S/C24H18ClN5O2S/c1-31-20-9-5-6-17(14-20)22-27-29-24(30(22)19-7-3-2-4-8-19)33-15-21-26-28-23(32-21)16-10-12-18(25)13-11-16/h2-14H,15H2,1H3. The molecule has 33 heavy (non-hydrogen) atoms. The average molecular weight is 476 g/mol. The van der Waals surface area contributed by atoms with Crippen LogP contribution in [0.2, 0.25) is 5.02 Å². The van der Waals surface area contributed by atoms with Gasteiger partial charge in [0.1, 0.15) is 5.75 Å². The lowest BCUT2D eigenvalue weighted by atomic mass is 10.2. The minimum atomic E-state index is 0.448. The van der Waals surface area contributed by atoms with Crippen LogP contribution in [0.25, 0.3) is 28.5 Å². The number of benzene rings is 3. The maximum absolute atomic E-state index is 5.96. The third-order valence-corrected chi connectivity index (χ3v) is 6.02. The molecule has 0 unspecified atom stereocenters. The summed E-state index contributed by atoms with van der Waals surface area (Å²) < 4.78 is 13.2. The summed E-state index contributed by atoms with van der Waals surface area (Å²) >= 11 is 7.43. The number of para-hydroxylation sites is 1. The van der Waals surface area contributed by atoms with Crippen molar-refractivity contribution in [2.24, 2.45) is 0 Å². The van der Waals surface area contributed by atoms with Gasteiger partial charge in [-0.15, -0.1) is 20.4 Å². The van der Waals surface area contributed by atoms with Crippen LogP contribution in [0, 0.1) is 0 Å². The van der Waals surface area contributed by atoms with Crippen molar-refractivity contribution in [2.45, 2.75) is 10.9 Å². The largest absolute Gasteiger partial charge is 0.497 e. The first kappa shape index (κ1) is 21.2. The molecule has 0 amide bonds. The second kappa shape index (κ2) is 9.48. The Kier molecular flexibility index (Phi) is 6.10. The molecular formula is C24H18ClN5O2S. The summed E-state index contributed by atoms with van der Waals surface area (Å²) in [5, 5.41) is 18.6. The highest BCUT2D eigenvalue weighted by Gasteiger charge is 2.18. The van der Waals surface area contributed by atoms with E-state index in [4.69, 9.17) is 20.8 Å². The van der Waals surface area contributed by atoms with E-state index in [1.165, 1.54) is 11.8 Å². The van der Waals surface area contributed by atoms with Gasteiger partial charge in [0, 0.05) is 21.8 Å². The Bertz CT molecular complexity index is 1370. The average Bonchev–Trinajstić information content (AvgIpc) is 3.51. The molecule has 0 radical (unpaired) electrons. The fourth-order valence-corrected chi connectivity index (χ4v) is 4.18. The number of aromatic nitrogens is 5. The first-order valence-corrected chi connectivity index (χ1v) is 11.4. The lowest BCUT2D eigenvalue weighted by Gasteiger charge is -2.10. The lowest BCUT2D eigenvalue weighted by Crippen LogP contribution is -2.00. The number of thioether (sulfide) groups is 1. The number of hydrogen-bond acceptors (Lipinski definition) is 7. The van der Waals surface area contributed by atoms with Crippen molar-refractivity contribution in [3.8, 4) is 34.3 Å². The molecule has 2 aromatic heterocycles. The summed E-state index contributed by atoms with van der Waals surface area (Å²) in [5.74, 6) is 2.86. The molecule has 164 valence electrons. The van der Waals surface area contributed by atoms with Crippen molar-refractivity contribution in [1.29, 1.82) is 0 Å². The molecule has 7 nitrogen and oxygen atoms in total. The van der Waals surface area contributed by atoms with E-state index < -0.39 is 0 Å². The van der Waals surface area contributed by atoms with Gasteiger partial charge in [-0.3, -0.25) is 4.57 Å². The molecule has 3 aromatic carbocycles. The molecular weight excluding hydrogens is 458 g/mol. The van der Waals surface area contributed by atoms with Gasteiger partial charge >= 0.3 is 0 Å². The highest BCUT2D eigenvalue weighted by molar-refractivity contribution is 7.98. The number of nitrogens with zero attached hydrogens (tertiary/aromatic N) is 5. The van der Waals surface area contributed by atoms with Crippen molar-refractivity contribution >= 4 is 23.4 Å². The summed E-state index contributed by atoms with van der Waals surface area (Å²) in [4.78, 5) is 0. The van der Waals surface area contributed by atoms with Gasteiger partial charge in [0.25, 0.3) is 0 Å². The minimum Gasteiger partial charge on any atom is -0.497 e. The third-order valence-electron chi connectivity index (χ3n) is 4.86. The molecule has 0 spiro atoms. The molecule has 0 aliphatic rings. The Morgan fingerprint density at radius 3 is 2.48 bits per heavy atom. The van der Waals surface area contributed by atoms with Crippen LogP contribution < -0.4 is 4.74 Å². The second-order valence-electron chi connectivity index (χ2n) is 7.01. The molecule has 2 heterocycles. The van der Waals surface area contributed by atoms with Gasteiger partial charge in [0.2, 0.25) is 11.8 Å². The fraction of sp³-hybridized carbons (Fsp3) is 0.0833. The van der Waals surface area contributed by atoms with Crippen LogP contribution in [0.4, 0.5) is 0 Å². The van der Waals surface area contributed by atoms with Crippen LogP contribution >= 0.6 is 23.4 Å². The van der Waals surface area contributed by atoms with E-state index in [0.717, 1.165) is 28.4 Å². The van der Waals surface area contributed by atoms with Crippen LogP contribution in [0.5, 0.6) is 5.75 Å². The van der Waals surface area contributed by atoms with Gasteiger partial charge in [-0.25, -0.2) is 0 Å². The van der Waals surface area contributed by atoms with E-state index in [1.54, 1.807) is 19.2 Å². The van der Waals surface area contributed by atoms with E-state index in [0.29, 0.717) is 27.7 Å². The van der Waals surface area contributed by atoms with E-state index in [2.05, 4.69) is 20.4 Å². The molecule has 0 bridgehead atoms. The number of rotatable bonds is 7. The zero-order chi connectivity index (χ0) is 22.6. The van der Waals surface area contributed by atoms with Crippen LogP contribution in [-0.2, 0) is 5.75 Å². The van der Waals surface area contributed by atoms with Gasteiger partial charge in [-0.05, 0) is 48.5 Å². The summed E-state index contributed by atoms with van der Waals surface area (Å²) in [6, 6.07) is 25.0. The summed E-state index contributed by atoms with van der Waals surface area (Å²) in [7, 11) is 1.64. The Labute approximate surface area is 199 Å². The Balaban J connectivity index is 1.44. The van der Waals surface area contributed by atoms with E-state index in [-0.39, 0.29) is 0 Å². The van der Waals surface area contributed by atoms with Crippen LogP contribution in [-0.4, -0.2) is 32.1 Å². The first-order valence-electron chi connectivity index (χ1n) is 10.1. The molecule has 0 atom stereocenters. The normalized spacial score (nSPS) is 11.0. The van der Waals surface area contributed by atoms with E-state index >= 15 is 0 Å². The van der Waals surface area contributed by atoms with Crippen LogP contribution in [0.1, 0.15) is 5.89 Å². The molecule has 0 aliphatic carbocycles. The molecule has 0 saturated heterocycles. The molecule has 0 fully saturated rings. The maximum Gasteiger partial charge on any atom is 0.247 e. The van der Waals surface area contributed by atoms with Crippen molar-refractivity contribution in [1.82, 2.24) is 25.0 Å². The summed E-state index contributed by atoms with van der Waals surface area (Å²) in [5.41, 5.74) is 2.67. The number of ether oxygens (including phenoxy) is 1. The van der Waals surface area contributed by atoms with E-state index in [1.807, 2.05) is 71.3 Å². The lowest BCUT2D eigenvalue weighted by molar-refractivity contribution is 0.415. The zero-order valence-corrected chi connectivity index (χ0v) is 19.1. The van der Waals surface area contributed by atoms with Crippen molar-refractivity contribution < 1.29 is 9.15 Å². The predicted octanol–water partition coefficient (Wildman–Crippen LogP) is 5.94. The number of hydrogen-bond donors (Lipinski definition) is 0. The van der Waals surface area contributed by atoms with Crippen molar-refractivity contribution in [3.63, 3.8) is 0 Å². The first-order chi connectivity index (χ1) is 16.2. The molecule has 0 aliphatic heterocycles. The Hall–Kier alpha value is -3.62. The Morgan fingerprint density at radius 2 is 1.70 bits per heavy atom. The molecule has 5 aromatic rings. The third kappa shape index (κ3) is 4.62. The second-order valence-corrected chi connectivity index (χ2v) is 8.38. The fourth-order valence-electron chi connectivity index (χ4n) is 3.27. The molecule has 0 saturated carbocycles. The van der Waals surface area contributed by atoms with Gasteiger partial charge in [-0.2, -0.15) is 0 Å². The van der Waals surface area contributed by atoms with Gasteiger partial charge in [0.15, 0.2) is 11.0 Å². The van der Waals surface area contributed by atoms with Gasteiger partial charge in [-0.1, -0.05) is 53.7 Å². The topological polar surface area (TPSA) is 78.9 Å². The van der Waals surface area contributed by atoms with Crippen molar-refractivity contribution in [2.75, 3.05) is 7.11 Å². The quantitative estimate of drug-likeness (QED) is 0.269. The smallest absolute Gasteiger partial charge is 0.247 e. The SMILES string of the molecule is COc1cccc(-c2nnc(SCc3nnc(-c4ccc(Cl)cc4)o3)n2-c2ccccc2)c1. The monoisotopic (exact) mass is 475 g/mol. The highest BCUT2D eigenvalue weighted by Crippen LogP contribution is 2.31. The van der Waals surface area contributed by atoms with Crippen LogP contribution in [0.15, 0.2) is 88.4 Å². The zero-order valence-electron chi connectivity index (χ0n) is 17.6. The summed E-state index contributed by atoms with van der Waals surface area (Å²) in [6.45, 7) is 0. The van der Waals surface area contributed by atoms with Crippen LogP contribution in [0.3, 0.4) is 0 Å². The van der Waals surface area contributed by atoms with Gasteiger partial charge in [0.05, 0.1) is 12.9 Å². The number of halogens is 1. The molecule has 0 N–H and O–H groups in total. The summed E-state index contributed by atoms with van der Waals surface area (Å²) in [6.07, 6.45) is 0. The number of methoxy groups -OCH3 is 1. The molecule has 5 rings (SSSR count). The van der Waals surface area contributed by atoms with Crippen molar-refractivity contribution in [3.05, 3.63) is 89.8 Å². The van der Waals surface area contributed by atoms with E-state index in [9.17, 15) is 0 Å². The minimum absolute atomic E-state index is 0.448. The molecule has 9 heteroatoms. The highest BCUT2D eigenvalue weighted by atomic mass is 35.5.